The Morgan fingerprint density at radius 3 is 2.43 bits per heavy atom. The number of benzene rings is 3. The van der Waals surface area contributed by atoms with Crippen LogP contribution >= 0.6 is 23.2 Å². The fourth-order valence-corrected chi connectivity index (χ4v) is 7.37. The maximum atomic E-state index is 16.0. The van der Waals surface area contributed by atoms with Crippen molar-refractivity contribution < 1.29 is 18.7 Å². The van der Waals surface area contributed by atoms with Gasteiger partial charge in [0.25, 0.3) is 0 Å². The first kappa shape index (κ1) is 36.1. The van der Waals surface area contributed by atoms with Crippen molar-refractivity contribution in [2.45, 2.75) is 19.5 Å². The van der Waals surface area contributed by atoms with Crippen LogP contribution in [0.3, 0.4) is 0 Å². The number of likely N-dealkylation sites (N-methyl/N-ethyl adjacent to an activating group) is 1. The monoisotopic (exact) mass is 754 g/mol. The van der Waals surface area contributed by atoms with Crippen molar-refractivity contribution >= 4 is 63.1 Å². The maximum absolute atomic E-state index is 16.0. The lowest BCUT2D eigenvalue weighted by Gasteiger charge is -2.37. The molecule has 1 fully saturated rings. The highest BCUT2D eigenvalue weighted by Gasteiger charge is 2.26. The number of carbonyl (C=O) groups excluding carboxylic acids is 1. The second kappa shape index (κ2) is 15.0. The smallest absolute Gasteiger partial charge is 0.247 e. The molecule has 2 N–H and O–H groups in total. The van der Waals surface area contributed by atoms with Gasteiger partial charge in [-0.3, -0.25) is 14.1 Å². The summed E-state index contributed by atoms with van der Waals surface area (Å²) in [4.78, 5) is 31.7. The van der Waals surface area contributed by atoms with Crippen molar-refractivity contribution in [1.82, 2.24) is 29.2 Å². The molecule has 4 heterocycles. The van der Waals surface area contributed by atoms with Gasteiger partial charge in [-0.1, -0.05) is 60.1 Å². The number of amides is 1. The van der Waals surface area contributed by atoms with Gasteiger partial charge >= 0.3 is 0 Å². The van der Waals surface area contributed by atoms with Crippen LogP contribution in [-0.2, 0) is 11.3 Å². The number of anilines is 3. The molecule has 1 amide bonds. The van der Waals surface area contributed by atoms with Crippen molar-refractivity contribution in [1.29, 1.82) is 0 Å². The Balaban J connectivity index is 1.38. The van der Waals surface area contributed by atoms with Gasteiger partial charge in [-0.05, 0) is 49.4 Å². The molecule has 6 aromatic rings. The molecule has 272 valence electrons. The summed E-state index contributed by atoms with van der Waals surface area (Å²) in [6, 6.07) is 16.2. The maximum Gasteiger partial charge on any atom is 0.247 e. The van der Waals surface area contributed by atoms with Crippen molar-refractivity contribution in [3.63, 3.8) is 0 Å². The van der Waals surface area contributed by atoms with E-state index < -0.39 is 11.7 Å². The Bertz CT molecular complexity index is 2340. The average Bonchev–Trinajstić information content (AvgIpc) is 3.59. The summed E-state index contributed by atoms with van der Waals surface area (Å²) >= 11 is 13.9. The number of nitrogens with one attached hydrogen (secondary N) is 2. The summed E-state index contributed by atoms with van der Waals surface area (Å²) in [5.74, 6) is -0.255. The van der Waals surface area contributed by atoms with Gasteiger partial charge in [0.05, 0.1) is 35.6 Å². The summed E-state index contributed by atoms with van der Waals surface area (Å²) < 4.78 is 29.0. The number of hydrogen-bond acceptors (Lipinski definition) is 9. The standard InChI is InChI=1S/C39H37Cl2FN8O3/c1-6-32(51)45-29-16-24(23-10-8-7-9-11-23)15-28(42)36(29)46-39-43-18-25-14-27(33-34(40)30(52-4)17-31(53-5)35(33)41)38-44-26(21-50(38)37(25)47-39)20-49-13-12-48(3)19-22(49)2/h6-11,14-18,21-22H,1,12-13,19-20H2,2-5H3,(H,45,51)(H,43,46,47). The molecule has 7 rings (SSSR count). The number of nitrogens with zero attached hydrogens (tertiary/aromatic N) is 6. The zero-order valence-electron chi connectivity index (χ0n) is 29.6. The van der Waals surface area contributed by atoms with E-state index in [0.717, 1.165) is 37.0 Å². The highest BCUT2D eigenvalue weighted by atomic mass is 35.5. The molecule has 0 radical (unpaired) electrons. The van der Waals surface area contributed by atoms with Gasteiger partial charge in [0.2, 0.25) is 11.9 Å². The van der Waals surface area contributed by atoms with E-state index in [1.165, 1.54) is 20.3 Å². The van der Waals surface area contributed by atoms with E-state index in [4.69, 9.17) is 42.6 Å². The quantitative estimate of drug-likeness (QED) is 0.134. The minimum Gasteiger partial charge on any atom is -0.495 e. The molecule has 0 spiro atoms. The minimum atomic E-state index is -0.614. The molecule has 1 aliphatic rings. The second-order valence-electron chi connectivity index (χ2n) is 12.9. The fourth-order valence-electron chi connectivity index (χ4n) is 6.67. The van der Waals surface area contributed by atoms with E-state index in [-0.39, 0.29) is 17.3 Å². The van der Waals surface area contributed by atoms with E-state index in [1.54, 1.807) is 18.3 Å². The zero-order chi connectivity index (χ0) is 37.4. The predicted octanol–water partition coefficient (Wildman–Crippen LogP) is 8.08. The van der Waals surface area contributed by atoms with Crippen LogP contribution in [0.15, 0.2) is 79.6 Å². The molecule has 1 saturated heterocycles. The SMILES string of the molecule is C=CC(=O)Nc1cc(-c2ccccc2)cc(F)c1Nc1ncc2cc(-c3c(Cl)c(OC)cc(OC)c3Cl)c3nc(CN4CCN(C)CC4C)cn3c2n1. The van der Waals surface area contributed by atoms with E-state index in [1.807, 2.05) is 47.0 Å². The van der Waals surface area contributed by atoms with Crippen LogP contribution in [0.1, 0.15) is 12.6 Å². The van der Waals surface area contributed by atoms with E-state index in [9.17, 15) is 4.79 Å². The highest BCUT2D eigenvalue weighted by Crippen LogP contribution is 2.47. The topological polar surface area (TPSA) is 109 Å². The Morgan fingerprint density at radius 1 is 1.02 bits per heavy atom. The van der Waals surface area contributed by atoms with Crippen molar-refractivity contribution in [3.05, 3.63) is 101 Å². The molecular weight excluding hydrogens is 718 g/mol. The van der Waals surface area contributed by atoms with Gasteiger partial charge in [-0.2, -0.15) is 4.98 Å². The number of hydrogen-bond donors (Lipinski definition) is 2. The van der Waals surface area contributed by atoms with Crippen molar-refractivity contribution in [2.75, 3.05) is 51.5 Å². The summed E-state index contributed by atoms with van der Waals surface area (Å²) in [5.41, 5.74) is 4.47. The number of aromatic nitrogens is 4. The van der Waals surface area contributed by atoms with Crippen LogP contribution < -0.4 is 20.1 Å². The number of fused-ring (bicyclic) bond motifs is 3. The lowest BCUT2D eigenvalue weighted by Crippen LogP contribution is -2.49. The third kappa shape index (κ3) is 7.10. The Morgan fingerprint density at radius 2 is 1.75 bits per heavy atom. The van der Waals surface area contributed by atoms with E-state index in [0.29, 0.717) is 67.5 Å². The third-order valence-corrected chi connectivity index (χ3v) is 10.1. The molecule has 3 aromatic carbocycles. The normalized spacial score (nSPS) is 15.1. The fraction of sp³-hybridized carbons (Fsp3) is 0.231. The first-order chi connectivity index (χ1) is 25.6. The van der Waals surface area contributed by atoms with E-state index >= 15 is 4.39 Å². The highest BCUT2D eigenvalue weighted by molar-refractivity contribution is 6.41. The minimum absolute atomic E-state index is 0.00971. The first-order valence-electron chi connectivity index (χ1n) is 16.9. The summed E-state index contributed by atoms with van der Waals surface area (Å²) in [6.07, 6.45) is 4.67. The molecule has 0 aliphatic carbocycles. The molecule has 53 heavy (non-hydrogen) atoms. The van der Waals surface area contributed by atoms with Gasteiger partial charge in [0.1, 0.15) is 28.7 Å². The van der Waals surface area contributed by atoms with Crippen molar-refractivity contribution in [3.8, 4) is 33.8 Å². The van der Waals surface area contributed by atoms with Gasteiger partial charge in [-0.15, -0.1) is 0 Å². The molecule has 0 bridgehead atoms. The summed E-state index contributed by atoms with van der Waals surface area (Å²) in [6.45, 7) is 9.13. The molecule has 3 aromatic heterocycles. The van der Waals surface area contributed by atoms with Crippen LogP contribution in [0.25, 0.3) is 38.9 Å². The summed E-state index contributed by atoms with van der Waals surface area (Å²) in [7, 11) is 5.17. The molecule has 0 saturated carbocycles. The van der Waals surface area contributed by atoms with Crippen LogP contribution in [0.2, 0.25) is 10.0 Å². The number of ether oxygens (including phenoxy) is 2. The number of imidazole rings is 1. The van der Waals surface area contributed by atoms with Crippen LogP contribution in [0, 0.1) is 5.82 Å². The number of rotatable bonds is 10. The van der Waals surface area contributed by atoms with Gasteiger partial charge in [0.15, 0.2) is 5.65 Å². The third-order valence-electron chi connectivity index (χ3n) is 9.37. The van der Waals surface area contributed by atoms with E-state index in [2.05, 4.69) is 46.0 Å². The number of methoxy groups -OCH3 is 2. The molecule has 1 atom stereocenters. The Hall–Kier alpha value is -5.27. The van der Waals surface area contributed by atoms with Gasteiger partial charge < -0.3 is 25.0 Å². The zero-order valence-corrected chi connectivity index (χ0v) is 31.1. The summed E-state index contributed by atoms with van der Waals surface area (Å²) in [5, 5.41) is 6.94. The lowest BCUT2D eigenvalue weighted by molar-refractivity contribution is -0.111. The van der Waals surface area contributed by atoms with Gasteiger partial charge in [-0.25, -0.2) is 14.4 Å². The Labute approximate surface area is 316 Å². The lowest BCUT2D eigenvalue weighted by atomic mass is 10.0. The Kier molecular flexibility index (Phi) is 10.2. The molecule has 11 nitrogen and oxygen atoms in total. The van der Waals surface area contributed by atoms with Crippen LogP contribution in [0.4, 0.5) is 21.7 Å². The number of halogens is 3. The van der Waals surface area contributed by atoms with Crippen LogP contribution in [0.5, 0.6) is 11.5 Å². The van der Waals surface area contributed by atoms with Crippen molar-refractivity contribution in [2.24, 2.45) is 0 Å². The molecule has 1 unspecified atom stereocenters. The molecular formula is C39H37Cl2FN8O3. The van der Waals surface area contributed by atoms with Gasteiger partial charge in [0, 0.05) is 67.2 Å². The number of pyridine rings is 1. The number of piperazine rings is 1. The second-order valence-corrected chi connectivity index (χ2v) is 13.6. The predicted molar refractivity (Wildman–Crippen MR) is 208 cm³/mol. The number of carbonyl (C=O) groups is 1. The largest absolute Gasteiger partial charge is 0.495 e. The average molecular weight is 756 g/mol. The first-order valence-corrected chi connectivity index (χ1v) is 17.6. The van der Waals surface area contributed by atoms with Crippen LogP contribution in [-0.4, -0.2) is 82.0 Å². The molecule has 14 heteroatoms. The molecule has 1 aliphatic heterocycles.